The molecule has 0 aromatic heterocycles. The number of hydrogen-bond donors (Lipinski definition) is 1. The van der Waals surface area contributed by atoms with Gasteiger partial charge in [0.15, 0.2) is 0 Å². The normalized spacial score (nSPS) is 14.6. The Morgan fingerprint density at radius 1 is 1.31 bits per heavy atom. The first-order chi connectivity index (χ1) is 7.83. The van der Waals surface area contributed by atoms with Crippen LogP contribution < -0.4 is 9.64 Å². The average Bonchev–Trinajstić information content (AvgIpc) is 2.39. The first kappa shape index (κ1) is 10.5. The Balaban J connectivity index is 2.21. The molecule has 0 atom stereocenters. The van der Waals surface area contributed by atoms with Gasteiger partial charge in [0.25, 0.3) is 0 Å². The van der Waals surface area contributed by atoms with Crippen molar-refractivity contribution in [3.05, 3.63) is 48.2 Å². The second-order valence-electron chi connectivity index (χ2n) is 3.53. The van der Waals surface area contributed by atoms with E-state index >= 15 is 0 Å². The number of ether oxygens (including phenoxy) is 1. The number of nitrogens with zero attached hydrogens (tertiary/aromatic N) is 1. The minimum Gasteiger partial charge on any atom is -0.497 e. The molecule has 2 rings (SSSR count). The van der Waals surface area contributed by atoms with Gasteiger partial charge in [0.1, 0.15) is 5.75 Å². The van der Waals surface area contributed by atoms with Crippen molar-refractivity contribution >= 4 is 11.9 Å². The third kappa shape index (κ3) is 2.14. The third-order valence-electron chi connectivity index (χ3n) is 2.49. The van der Waals surface area contributed by atoms with Crippen molar-refractivity contribution < 1.29 is 4.74 Å². The molecule has 0 radical (unpaired) electrons. The van der Waals surface area contributed by atoms with Crippen LogP contribution in [0.3, 0.4) is 0 Å². The number of allylic oxidation sites excluding steroid dienone is 2. The Labute approximate surface area is 95.2 Å². The second-order valence-corrected chi connectivity index (χ2v) is 3.53. The van der Waals surface area contributed by atoms with Gasteiger partial charge >= 0.3 is 0 Å². The summed E-state index contributed by atoms with van der Waals surface area (Å²) in [5, 5.41) is 7.22. The fourth-order valence-corrected chi connectivity index (χ4v) is 1.62. The Morgan fingerprint density at radius 3 is 2.69 bits per heavy atom. The number of hydrogen-bond acceptors (Lipinski definition) is 3. The smallest absolute Gasteiger partial charge is 0.119 e. The lowest BCUT2D eigenvalue weighted by atomic mass is 10.2. The SMILES string of the molecule is COc1ccc(N2C=C(C=N)C=CC2)cc1. The molecule has 16 heavy (non-hydrogen) atoms. The highest BCUT2D eigenvalue weighted by atomic mass is 16.5. The first-order valence-electron chi connectivity index (χ1n) is 5.13. The summed E-state index contributed by atoms with van der Waals surface area (Å²) < 4.78 is 5.11. The summed E-state index contributed by atoms with van der Waals surface area (Å²) in [6, 6.07) is 7.89. The first-order valence-corrected chi connectivity index (χ1v) is 5.13. The molecule has 1 heterocycles. The summed E-state index contributed by atoms with van der Waals surface area (Å²) in [6.45, 7) is 0.837. The Hall–Kier alpha value is -2.03. The lowest BCUT2D eigenvalue weighted by Crippen LogP contribution is -2.19. The van der Waals surface area contributed by atoms with Crippen molar-refractivity contribution in [1.82, 2.24) is 0 Å². The topological polar surface area (TPSA) is 36.3 Å². The number of nitrogens with one attached hydrogen (secondary N) is 1. The van der Waals surface area contributed by atoms with Gasteiger partial charge in [0.05, 0.1) is 7.11 Å². The summed E-state index contributed by atoms with van der Waals surface area (Å²) in [4.78, 5) is 2.10. The number of benzene rings is 1. The van der Waals surface area contributed by atoms with Crippen LogP contribution in [-0.2, 0) is 0 Å². The minimum absolute atomic E-state index is 0.837. The number of methoxy groups -OCH3 is 1. The van der Waals surface area contributed by atoms with E-state index in [1.54, 1.807) is 7.11 Å². The zero-order valence-electron chi connectivity index (χ0n) is 9.18. The maximum Gasteiger partial charge on any atom is 0.119 e. The molecule has 0 fully saturated rings. The maximum absolute atomic E-state index is 7.22. The summed E-state index contributed by atoms with van der Waals surface area (Å²) in [5.74, 6) is 0.854. The zero-order valence-corrected chi connectivity index (χ0v) is 9.18. The Kier molecular flexibility index (Phi) is 3.05. The molecule has 1 aromatic carbocycles. The van der Waals surface area contributed by atoms with Crippen molar-refractivity contribution in [2.45, 2.75) is 0 Å². The molecule has 0 saturated carbocycles. The molecule has 82 valence electrons. The van der Waals surface area contributed by atoms with Gasteiger partial charge in [0.2, 0.25) is 0 Å². The van der Waals surface area contributed by atoms with Crippen LogP contribution in [0, 0.1) is 5.41 Å². The average molecular weight is 214 g/mol. The third-order valence-corrected chi connectivity index (χ3v) is 2.49. The number of rotatable bonds is 3. The standard InChI is InChI=1S/C13H14N2O/c1-16-13-6-4-12(5-7-13)15-8-2-3-11(9-14)10-15/h2-7,9-10,14H,8H2,1H3. The molecule has 0 amide bonds. The van der Waals surface area contributed by atoms with Crippen molar-refractivity contribution in [1.29, 1.82) is 5.41 Å². The van der Waals surface area contributed by atoms with Crippen LogP contribution in [-0.4, -0.2) is 19.9 Å². The van der Waals surface area contributed by atoms with Gasteiger partial charge in [-0.3, -0.25) is 0 Å². The van der Waals surface area contributed by atoms with E-state index in [-0.39, 0.29) is 0 Å². The van der Waals surface area contributed by atoms with Gasteiger partial charge in [-0.2, -0.15) is 0 Å². The van der Waals surface area contributed by atoms with Gasteiger partial charge < -0.3 is 15.0 Å². The molecule has 0 aliphatic carbocycles. The molecule has 1 aliphatic rings. The molecule has 0 saturated heterocycles. The fraction of sp³-hybridized carbons (Fsp3) is 0.154. The summed E-state index contributed by atoms with van der Waals surface area (Å²) in [7, 11) is 1.66. The molecule has 1 aromatic rings. The molecule has 1 aliphatic heterocycles. The van der Waals surface area contributed by atoms with Crippen LogP contribution in [0.1, 0.15) is 0 Å². The van der Waals surface area contributed by atoms with E-state index in [0.29, 0.717) is 0 Å². The van der Waals surface area contributed by atoms with Crippen molar-refractivity contribution in [2.75, 3.05) is 18.6 Å². The lowest BCUT2D eigenvalue weighted by Gasteiger charge is -2.22. The molecule has 0 bridgehead atoms. The monoisotopic (exact) mass is 214 g/mol. The molecule has 3 heteroatoms. The molecule has 3 nitrogen and oxygen atoms in total. The lowest BCUT2D eigenvalue weighted by molar-refractivity contribution is 0.415. The van der Waals surface area contributed by atoms with Gasteiger partial charge in [-0.25, -0.2) is 0 Å². The van der Waals surface area contributed by atoms with Crippen LogP contribution >= 0.6 is 0 Å². The van der Waals surface area contributed by atoms with E-state index in [1.807, 2.05) is 42.6 Å². The largest absolute Gasteiger partial charge is 0.497 e. The highest BCUT2D eigenvalue weighted by molar-refractivity contribution is 5.81. The highest BCUT2D eigenvalue weighted by Crippen LogP contribution is 2.21. The molecule has 0 unspecified atom stereocenters. The molecular weight excluding hydrogens is 200 g/mol. The highest BCUT2D eigenvalue weighted by Gasteiger charge is 2.06. The van der Waals surface area contributed by atoms with Crippen LogP contribution in [0.4, 0.5) is 5.69 Å². The Bertz CT molecular complexity index is 432. The van der Waals surface area contributed by atoms with Crippen molar-refractivity contribution in [3.63, 3.8) is 0 Å². The van der Waals surface area contributed by atoms with Gasteiger partial charge in [-0.15, -0.1) is 0 Å². The molecular formula is C13H14N2O. The predicted octanol–water partition coefficient (Wildman–Crippen LogP) is 2.60. The van der Waals surface area contributed by atoms with Gasteiger partial charge in [-0.05, 0) is 24.3 Å². The van der Waals surface area contributed by atoms with E-state index in [0.717, 1.165) is 23.6 Å². The van der Waals surface area contributed by atoms with Crippen LogP contribution in [0.5, 0.6) is 5.75 Å². The van der Waals surface area contributed by atoms with E-state index in [1.165, 1.54) is 6.21 Å². The van der Waals surface area contributed by atoms with E-state index < -0.39 is 0 Å². The zero-order chi connectivity index (χ0) is 11.4. The Morgan fingerprint density at radius 2 is 2.06 bits per heavy atom. The van der Waals surface area contributed by atoms with E-state index in [9.17, 15) is 0 Å². The van der Waals surface area contributed by atoms with Crippen molar-refractivity contribution in [2.24, 2.45) is 0 Å². The summed E-state index contributed by atoms with van der Waals surface area (Å²) in [6.07, 6.45) is 7.32. The predicted molar refractivity (Wildman–Crippen MR) is 66.3 cm³/mol. The molecule has 0 spiro atoms. The van der Waals surface area contributed by atoms with Gasteiger partial charge in [0, 0.05) is 30.2 Å². The summed E-state index contributed by atoms with van der Waals surface area (Å²) >= 11 is 0. The van der Waals surface area contributed by atoms with Crippen LogP contribution in [0.2, 0.25) is 0 Å². The quantitative estimate of drug-likeness (QED) is 0.785. The van der Waals surface area contributed by atoms with E-state index in [4.69, 9.17) is 10.1 Å². The second kappa shape index (κ2) is 4.66. The summed E-state index contributed by atoms with van der Waals surface area (Å²) in [5.41, 5.74) is 2.01. The fourth-order valence-electron chi connectivity index (χ4n) is 1.62. The number of anilines is 1. The molecule has 1 N–H and O–H groups in total. The maximum atomic E-state index is 7.22. The van der Waals surface area contributed by atoms with Gasteiger partial charge in [-0.1, -0.05) is 12.2 Å². The van der Waals surface area contributed by atoms with Crippen molar-refractivity contribution in [3.8, 4) is 5.75 Å². The van der Waals surface area contributed by atoms with Crippen LogP contribution in [0.15, 0.2) is 48.2 Å². The van der Waals surface area contributed by atoms with E-state index in [2.05, 4.69) is 4.90 Å². The van der Waals surface area contributed by atoms with Crippen LogP contribution in [0.25, 0.3) is 0 Å². The minimum atomic E-state index is 0.837.